The fourth-order valence-electron chi connectivity index (χ4n) is 8.89. The van der Waals surface area contributed by atoms with E-state index in [0.717, 1.165) is 77.0 Å². The van der Waals surface area contributed by atoms with Gasteiger partial charge in [0.1, 0.15) is 13.2 Å². The van der Waals surface area contributed by atoms with E-state index in [9.17, 15) is 19.4 Å². The van der Waals surface area contributed by atoms with Crippen LogP contribution in [0.15, 0.2) is 72.9 Å². The average molecular weight is 1040 g/mol. The molecule has 0 fully saturated rings. The fourth-order valence-corrected chi connectivity index (χ4v) is 9.63. The van der Waals surface area contributed by atoms with Crippen molar-refractivity contribution in [1.82, 2.24) is 5.32 Å². The van der Waals surface area contributed by atoms with E-state index in [2.05, 4.69) is 79.9 Å². The number of phosphoric acid groups is 1. The topological polar surface area (TPSA) is 105 Å². The number of rotatable bonds is 56. The van der Waals surface area contributed by atoms with Crippen molar-refractivity contribution in [3.05, 3.63) is 72.9 Å². The summed E-state index contributed by atoms with van der Waals surface area (Å²) in [6, 6.07) is -0.869. The van der Waals surface area contributed by atoms with E-state index >= 15 is 0 Å². The van der Waals surface area contributed by atoms with Crippen LogP contribution in [0.1, 0.15) is 277 Å². The number of aliphatic hydroxyl groups excluding tert-OH is 1. The van der Waals surface area contributed by atoms with Crippen molar-refractivity contribution in [2.45, 2.75) is 289 Å². The first-order valence-corrected chi connectivity index (χ1v) is 32.3. The number of carbonyl (C=O) groups excluding carboxylic acids is 1. The number of unbranched alkanes of at least 4 members (excludes halogenated alkanes) is 33. The zero-order valence-corrected chi connectivity index (χ0v) is 49.5. The summed E-state index contributed by atoms with van der Waals surface area (Å²) in [5.41, 5.74) is 0. The second-order valence-electron chi connectivity index (χ2n) is 22.1. The van der Waals surface area contributed by atoms with Crippen molar-refractivity contribution in [3.8, 4) is 0 Å². The Morgan fingerprint density at radius 1 is 0.479 bits per heavy atom. The summed E-state index contributed by atoms with van der Waals surface area (Å²) >= 11 is 0. The third-order valence-electron chi connectivity index (χ3n) is 13.7. The van der Waals surface area contributed by atoms with Gasteiger partial charge in [0.15, 0.2) is 0 Å². The van der Waals surface area contributed by atoms with Crippen LogP contribution >= 0.6 is 7.82 Å². The minimum atomic E-state index is -4.36. The fraction of sp³-hybridized carbons (Fsp3) is 0.797. The summed E-state index contributed by atoms with van der Waals surface area (Å²) in [4.78, 5) is 23.3. The van der Waals surface area contributed by atoms with Crippen LogP contribution in [0.4, 0.5) is 0 Å². The second kappa shape index (κ2) is 54.7. The molecule has 0 aromatic heterocycles. The number of hydrogen-bond donors (Lipinski definition) is 3. The number of phosphoric ester groups is 1. The zero-order valence-electron chi connectivity index (χ0n) is 48.6. The Balaban J connectivity index is 4.14. The lowest BCUT2D eigenvalue weighted by molar-refractivity contribution is -0.870. The highest BCUT2D eigenvalue weighted by Gasteiger charge is 2.27. The van der Waals surface area contributed by atoms with Gasteiger partial charge in [-0.15, -0.1) is 0 Å². The molecule has 3 unspecified atom stereocenters. The van der Waals surface area contributed by atoms with Crippen molar-refractivity contribution in [1.29, 1.82) is 0 Å². The molecule has 73 heavy (non-hydrogen) atoms. The number of nitrogens with zero attached hydrogens (tertiary/aromatic N) is 1. The largest absolute Gasteiger partial charge is 0.472 e. The van der Waals surface area contributed by atoms with Gasteiger partial charge in [0.25, 0.3) is 0 Å². The molecule has 0 aliphatic carbocycles. The molecule has 0 saturated heterocycles. The number of nitrogens with one attached hydrogen (secondary N) is 1. The van der Waals surface area contributed by atoms with Crippen LogP contribution in [-0.2, 0) is 18.4 Å². The van der Waals surface area contributed by atoms with Crippen LogP contribution in [0.25, 0.3) is 0 Å². The minimum Gasteiger partial charge on any atom is -0.387 e. The predicted octanol–water partition coefficient (Wildman–Crippen LogP) is 19.0. The van der Waals surface area contributed by atoms with Crippen LogP contribution in [0, 0.1) is 0 Å². The van der Waals surface area contributed by atoms with Gasteiger partial charge in [-0.25, -0.2) is 4.57 Å². The maximum atomic E-state index is 13.0. The highest BCUT2D eigenvalue weighted by atomic mass is 31.2. The summed E-state index contributed by atoms with van der Waals surface area (Å²) in [6.45, 7) is 4.70. The molecule has 0 aliphatic rings. The third kappa shape index (κ3) is 57.5. The van der Waals surface area contributed by atoms with Crippen LogP contribution < -0.4 is 5.32 Å². The van der Waals surface area contributed by atoms with E-state index in [1.54, 1.807) is 6.08 Å². The first kappa shape index (κ1) is 70.9. The summed E-state index contributed by atoms with van der Waals surface area (Å²) in [7, 11) is 1.55. The molecule has 0 aromatic carbocycles. The number of amides is 1. The monoisotopic (exact) mass is 1040 g/mol. The van der Waals surface area contributed by atoms with Crippen molar-refractivity contribution in [2.75, 3.05) is 40.9 Å². The lowest BCUT2D eigenvalue weighted by Crippen LogP contribution is -2.45. The van der Waals surface area contributed by atoms with Gasteiger partial charge in [-0.05, 0) is 64.2 Å². The quantitative estimate of drug-likeness (QED) is 0.0243. The van der Waals surface area contributed by atoms with Crippen LogP contribution in [0.2, 0.25) is 0 Å². The zero-order chi connectivity index (χ0) is 53.5. The molecule has 426 valence electrons. The number of likely N-dealkylation sites (N-methyl/N-ethyl adjacent to an activating group) is 1. The first-order chi connectivity index (χ1) is 35.5. The van der Waals surface area contributed by atoms with Gasteiger partial charge in [0.2, 0.25) is 5.91 Å². The predicted molar refractivity (Wildman–Crippen MR) is 318 cm³/mol. The Kier molecular flexibility index (Phi) is 53.2. The summed E-state index contributed by atoms with van der Waals surface area (Å²) in [5.74, 6) is -0.208. The van der Waals surface area contributed by atoms with Gasteiger partial charge in [-0.1, -0.05) is 279 Å². The van der Waals surface area contributed by atoms with E-state index in [-0.39, 0.29) is 19.1 Å². The van der Waals surface area contributed by atoms with E-state index in [1.165, 1.54) is 180 Å². The number of hydrogen-bond acceptors (Lipinski definition) is 5. The smallest absolute Gasteiger partial charge is 0.387 e. The van der Waals surface area contributed by atoms with Crippen LogP contribution in [-0.4, -0.2) is 73.4 Å². The molecule has 0 bridgehead atoms. The van der Waals surface area contributed by atoms with E-state index < -0.39 is 20.0 Å². The first-order valence-electron chi connectivity index (χ1n) is 30.8. The second-order valence-corrected chi connectivity index (χ2v) is 23.5. The highest BCUT2D eigenvalue weighted by molar-refractivity contribution is 7.47. The number of allylic oxidation sites excluding steroid dienone is 11. The lowest BCUT2D eigenvalue weighted by Gasteiger charge is -2.25. The highest BCUT2D eigenvalue weighted by Crippen LogP contribution is 2.43. The van der Waals surface area contributed by atoms with Gasteiger partial charge >= 0.3 is 7.82 Å². The van der Waals surface area contributed by atoms with Crippen molar-refractivity contribution in [3.63, 3.8) is 0 Å². The third-order valence-corrected chi connectivity index (χ3v) is 14.7. The standard InChI is InChI=1S/C64H119N2O6P/c1-6-8-10-12-14-16-18-20-22-24-26-27-28-29-30-31-32-33-34-35-36-37-38-40-41-43-45-47-49-51-53-55-57-63(67)62(61-72-73(69,70)71-60-59-66(3,4)5)65-64(68)58-56-54-52-50-48-46-44-42-39-25-23-21-19-17-15-13-11-9-7-2/h9,11,15,17,21,23,39,42,46,48,55,57,62-63,67H,6-8,10,12-14,16,18-20,22,24-38,40-41,43-45,47,49-54,56,58-61H2,1-5H3,(H-,65,68,69,70)/p+1/b11-9-,17-15-,23-21-,42-39-,48-46-,57-55+. The molecular formula is C64H120N2O6P+. The molecule has 8 nitrogen and oxygen atoms in total. The summed E-state index contributed by atoms with van der Waals surface area (Å²) in [6.07, 6.45) is 76.0. The molecule has 3 N–H and O–H groups in total. The molecule has 1 amide bonds. The number of quaternary nitrogens is 1. The van der Waals surface area contributed by atoms with E-state index in [4.69, 9.17) is 9.05 Å². The van der Waals surface area contributed by atoms with Crippen molar-refractivity contribution < 1.29 is 32.9 Å². The van der Waals surface area contributed by atoms with Crippen molar-refractivity contribution >= 4 is 13.7 Å². The van der Waals surface area contributed by atoms with Crippen LogP contribution in [0.5, 0.6) is 0 Å². The molecule has 0 heterocycles. The maximum Gasteiger partial charge on any atom is 0.472 e. The lowest BCUT2D eigenvalue weighted by atomic mass is 10.0. The Labute approximate surface area is 453 Å². The summed E-state index contributed by atoms with van der Waals surface area (Å²) < 4.78 is 23.7. The van der Waals surface area contributed by atoms with Gasteiger partial charge in [0, 0.05) is 6.42 Å². The normalized spacial score (nSPS) is 14.3. The Morgan fingerprint density at radius 3 is 1.21 bits per heavy atom. The molecule has 0 aromatic rings. The maximum absolute atomic E-state index is 13.0. The molecule has 9 heteroatoms. The average Bonchev–Trinajstić information content (AvgIpc) is 3.35. The van der Waals surface area contributed by atoms with Crippen LogP contribution in [0.3, 0.4) is 0 Å². The van der Waals surface area contributed by atoms with E-state index in [1.807, 2.05) is 27.2 Å². The van der Waals surface area contributed by atoms with E-state index in [0.29, 0.717) is 17.4 Å². The summed E-state index contributed by atoms with van der Waals surface area (Å²) in [5, 5.41) is 13.9. The Hall–Kier alpha value is -2.06. The van der Waals surface area contributed by atoms with Gasteiger partial charge in [0.05, 0.1) is 39.9 Å². The molecule has 0 radical (unpaired) electrons. The van der Waals surface area contributed by atoms with Gasteiger partial charge in [-0.2, -0.15) is 0 Å². The SMILES string of the molecule is CC/C=C\C/C=C\C/C=C\C/C=C\C/C=C\CCCCCC(=O)NC(COP(=O)(O)OCC[N+](C)(C)C)C(O)/C=C/CCCCCCCCCCCCCCCCCCCCCCCCCCCCCCCC. The van der Waals surface area contributed by atoms with Crippen molar-refractivity contribution in [2.24, 2.45) is 0 Å². The molecule has 0 rings (SSSR count). The Morgan fingerprint density at radius 2 is 0.822 bits per heavy atom. The number of aliphatic hydroxyl groups is 1. The molecule has 0 aliphatic heterocycles. The number of carbonyl (C=O) groups is 1. The van der Waals surface area contributed by atoms with Gasteiger partial charge < -0.3 is 19.8 Å². The van der Waals surface area contributed by atoms with Gasteiger partial charge in [-0.3, -0.25) is 13.8 Å². The minimum absolute atomic E-state index is 0.0517. The molecular weight excluding hydrogens is 924 g/mol. The Bertz CT molecular complexity index is 1420. The molecule has 0 spiro atoms. The molecule has 3 atom stereocenters. The molecule has 0 saturated carbocycles.